The van der Waals surface area contributed by atoms with Gasteiger partial charge in [0.25, 0.3) is 0 Å². The molecule has 1 fully saturated rings. The molecule has 0 spiro atoms. The van der Waals surface area contributed by atoms with E-state index in [1.807, 2.05) is 33.0 Å². The second-order valence-electron chi connectivity index (χ2n) is 6.11. The number of rotatable bonds is 3. The fraction of sp³-hybridized carbons (Fsp3) is 0.667. The first-order valence-electron chi connectivity index (χ1n) is 7.98. The summed E-state index contributed by atoms with van der Waals surface area (Å²) in [4.78, 5) is 0. The van der Waals surface area contributed by atoms with Crippen LogP contribution in [0.4, 0.5) is 0 Å². The van der Waals surface area contributed by atoms with E-state index in [-0.39, 0.29) is 11.5 Å². The van der Waals surface area contributed by atoms with Crippen molar-refractivity contribution in [2.45, 2.75) is 59.0 Å². The second-order valence-corrected chi connectivity index (χ2v) is 6.55. The van der Waals surface area contributed by atoms with Crippen LogP contribution in [0.3, 0.4) is 0 Å². The van der Waals surface area contributed by atoms with Gasteiger partial charge in [-0.1, -0.05) is 58.4 Å². The third kappa shape index (κ3) is 6.82. The van der Waals surface area contributed by atoms with Gasteiger partial charge in [0.2, 0.25) is 0 Å². The van der Waals surface area contributed by atoms with Crippen molar-refractivity contribution in [3.8, 4) is 0 Å². The smallest absolute Gasteiger partial charge is 0.0558 e. The molecule has 0 atom stereocenters. The zero-order valence-electron chi connectivity index (χ0n) is 14.4. The number of hydrogen-bond donors (Lipinski definition) is 2. The number of benzene rings is 1. The summed E-state index contributed by atoms with van der Waals surface area (Å²) < 4.78 is 0. The minimum absolute atomic E-state index is 0.110. The van der Waals surface area contributed by atoms with Gasteiger partial charge in [-0.3, -0.25) is 0 Å². The summed E-state index contributed by atoms with van der Waals surface area (Å²) in [5.74, 6) is 0.833. The van der Waals surface area contributed by atoms with Crippen LogP contribution in [0.15, 0.2) is 24.3 Å². The lowest BCUT2D eigenvalue weighted by Crippen LogP contribution is -2.50. The number of likely N-dealkylation sites (N-methyl/N-ethyl adjacent to an activating group) is 1. The average molecular weight is 314 g/mol. The maximum absolute atomic E-state index is 9.47. The molecule has 3 heteroatoms. The first-order chi connectivity index (χ1) is 9.89. The Hall–Kier alpha value is -0.570. The van der Waals surface area contributed by atoms with E-state index in [9.17, 15) is 5.11 Å². The lowest BCUT2D eigenvalue weighted by atomic mass is 9.62. The van der Waals surface area contributed by atoms with E-state index in [4.69, 9.17) is 11.6 Å². The Balaban J connectivity index is 0.000000579. The normalized spacial score (nSPS) is 23.4. The van der Waals surface area contributed by atoms with Gasteiger partial charge in [0, 0.05) is 17.0 Å². The molecule has 2 N–H and O–H groups in total. The van der Waals surface area contributed by atoms with Crippen molar-refractivity contribution < 1.29 is 5.11 Å². The number of nitrogens with one attached hydrogen (secondary N) is 1. The molecule has 0 saturated heterocycles. The standard InChI is InChI=1S/C12H16ClNO.C4H10.C2H6/c1-14-8-12(6-11(15)7-12)9-2-4-10(13)5-3-9;1-4(2)3;1-2/h2-5,11,14-15H,6-8H2,1H3;4H,1-3H3;1-2H3. The molecule has 122 valence electrons. The van der Waals surface area contributed by atoms with Gasteiger partial charge in [-0.15, -0.1) is 0 Å². The summed E-state index contributed by atoms with van der Waals surface area (Å²) in [6, 6.07) is 7.95. The zero-order chi connectivity index (χ0) is 16.5. The van der Waals surface area contributed by atoms with Crippen LogP contribution in [0.5, 0.6) is 0 Å². The number of aliphatic hydroxyl groups excluding tert-OH is 1. The summed E-state index contributed by atoms with van der Waals surface area (Å²) in [6.07, 6.45) is 1.54. The molecule has 2 rings (SSSR count). The van der Waals surface area contributed by atoms with Gasteiger partial charge in [-0.25, -0.2) is 0 Å². The Morgan fingerprint density at radius 1 is 1.19 bits per heavy atom. The lowest BCUT2D eigenvalue weighted by molar-refractivity contribution is 0.0188. The topological polar surface area (TPSA) is 32.3 Å². The fourth-order valence-corrected chi connectivity index (χ4v) is 2.59. The van der Waals surface area contributed by atoms with Crippen LogP contribution in [0.25, 0.3) is 0 Å². The van der Waals surface area contributed by atoms with Crippen LogP contribution in [0.2, 0.25) is 5.02 Å². The molecular weight excluding hydrogens is 282 g/mol. The quantitative estimate of drug-likeness (QED) is 0.852. The SMILES string of the molecule is CC.CC(C)C.CNCC1(c2ccc(Cl)cc2)CC(O)C1. The predicted molar refractivity (Wildman–Crippen MR) is 94.2 cm³/mol. The van der Waals surface area contributed by atoms with Crippen molar-refractivity contribution in [3.05, 3.63) is 34.9 Å². The summed E-state index contributed by atoms with van der Waals surface area (Å²) in [5, 5.41) is 13.4. The molecule has 1 aliphatic rings. The number of aliphatic hydroxyl groups is 1. The molecule has 0 radical (unpaired) electrons. The second kappa shape index (κ2) is 10.2. The highest BCUT2D eigenvalue weighted by Crippen LogP contribution is 2.43. The molecule has 2 nitrogen and oxygen atoms in total. The summed E-state index contributed by atoms with van der Waals surface area (Å²) >= 11 is 5.86. The highest BCUT2D eigenvalue weighted by atomic mass is 35.5. The molecule has 21 heavy (non-hydrogen) atoms. The van der Waals surface area contributed by atoms with Crippen LogP contribution in [-0.2, 0) is 5.41 Å². The average Bonchev–Trinajstić information content (AvgIpc) is 2.39. The highest BCUT2D eigenvalue weighted by molar-refractivity contribution is 6.30. The number of halogens is 1. The summed E-state index contributed by atoms with van der Waals surface area (Å²) in [6.45, 7) is 11.4. The summed E-state index contributed by atoms with van der Waals surface area (Å²) in [7, 11) is 1.95. The monoisotopic (exact) mass is 313 g/mol. The van der Waals surface area contributed by atoms with Crippen molar-refractivity contribution in [2.24, 2.45) is 5.92 Å². The van der Waals surface area contributed by atoms with Gasteiger partial charge >= 0.3 is 0 Å². The largest absolute Gasteiger partial charge is 0.393 e. The Morgan fingerprint density at radius 3 is 1.95 bits per heavy atom. The van der Waals surface area contributed by atoms with Crippen LogP contribution in [0.1, 0.15) is 53.0 Å². The molecule has 0 bridgehead atoms. The molecule has 1 aromatic rings. The maximum atomic E-state index is 9.47. The number of hydrogen-bond acceptors (Lipinski definition) is 2. The van der Waals surface area contributed by atoms with Gasteiger partial charge in [-0.05, 0) is 43.5 Å². The van der Waals surface area contributed by atoms with Gasteiger partial charge < -0.3 is 10.4 Å². The molecule has 0 unspecified atom stereocenters. The van der Waals surface area contributed by atoms with Crippen molar-refractivity contribution in [3.63, 3.8) is 0 Å². The molecule has 0 aromatic heterocycles. The third-order valence-corrected chi connectivity index (χ3v) is 3.48. The Morgan fingerprint density at radius 2 is 1.62 bits per heavy atom. The van der Waals surface area contributed by atoms with Crippen LogP contribution < -0.4 is 5.32 Å². The molecule has 1 aromatic carbocycles. The first kappa shape index (κ1) is 20.4. The minimum atomic E-state index is -0.144. The maximum Gasteiger partial charge on any atom is 0.0558 e. The van der Waals surface area contributed by atoms with Crippen molar-refractivity contribution in [1.29, 1.82) is 0 Å². The molecule has 1 aliphatic carbocycles. The van der Waals surface area contributed by atoms with Gasteiger partial charge in [0.1, 0.15) is 0 Å². The summed E-state index contributed by atoms with van der Waals surface area (Å²) in [5.41, 5.74) is 1.38. The Bertz CT molecular complexity index is 361. The Kier molecular flexibility index (Phi) is 9.93. The van der Waals surface area contributed by atoms with Gasteiger partial charge in [0.05, 0.1) is 6.10 Å². The Labute approximate surface area is 135 Å². The van der Waals surface area contributed by atoms with E-state index in [0.29, 0.717) is 0 Å². The third-order valence-electron chi connectivity index (χ3n) is 3.22. The van der Waals surface area contributed by atoms with E-state index in [1.54, 1.807) is 0 Å². The predicted octanol–water partition coefficient (Wildman–Crippen LogP) is 4.64. The first-order valence-corrected chi connectivity index (χ1v) is 8.36. The van der Waals surface area contributed by atoms with Crippen LogP contribution in [0, 0.1) is 5.92 Å². The molecule has 0 aliphatic heterocycles. The highest BCUT2D eigenvalue weighted by Gasteiger charge is 2.44. The minimum Gasteiger partial charge on any atom is -0.393 e. The molecular formula is C18H32ClNO. The van der Waals surface area contributed by atoms with Crippen LogP contribution in [-0.4, -0.2) is 24.8 Å². The van der Waals surface area contributed by atoms with Gasteiger partial charge in [-0.2, -0.15) is 0 Å². The van der Waals surface area contributed by atoms with E-state index in [1.165, 1.54) is 5.56 Å². The lowest BCUT2D eigenvalue weighted by Gasteiger charge is -2.46. The van der Waals surface area contributed by atoms with Crippen molar-refractivity contribution in [2.75, 3.05) is 13.6 Å². The molecule has 0 heterocycles. The van der Waals surface area contributed by atoms with Crippen LogP contribution >= 0.6 is 11.6 Å². The van der Waals surface area contributed by atoms with E-state index < -0.39 is 0 Å². The van der Waals surface area contributed by atoms with E-state index in [0.717, 1.165) is 30.3 Å². The zero-order valence-corrected chi connectivity index (χ0v) is 15.2. The molecule has 0 amide bonds. The van der Waals surface area contributed by atoms with Crippen molar-refractivity contribution in [1.82, 2.24) is 5.32 Å². The van der Waals surface area contributed by atoms with E-state index >= 15 is 0 Å². The van der Waals surface area contributed by atoms with Gasteiger partial charge in [0.15, 0.2) is 0 Å². The van der Waals surface area contributed by atoms with E-state index in [2.05, 4.69) is 38.2 Å². The van der Waals surface area contributed by atoms with Crippen molar-refractivity contribution >= 4 is 11.6 Å². The molecule has 1 saturated carbocycles. The fourth-order valence-electron chi connectivity index (χ4n) is 2.47.